The van der Waals surface area contributed by atoms with E-state index in [0.717, 1.165) is 0 Å². The lowest BCUT2D eigenvalue weighted by Gasteiger charge is -2.16. The molecular formula is C20H27N5O6. The molecule has 0 spiro atoms. The van der Waals surface area contributed by atoms with Gasteiger partial charge in [0.2, 0.25) is 11.9 Å². The Bertz CT molecular complexity index is 860. The minimum Gasteiger partial charge on any atom is -0.495 e. The number of nitrogens with one attached hydrogen (secondary N) is 4. The molecule has 2 amide bonds. The van der Waals surface area contributed by atoms with Crippen LogP contribution >= 0.6 is 0 Å². The number of ether oxygens (including phenoxy) is 2. The summed E-state index contributed by atoms with van der Waals surface area (Å²) >= 11 is 0. The maximum atomic E-state index is 12.2. The number of carboxylic acids is 1. The molecule has 31 heavy (non-hydrogen) atoms. The number of aliphatic imine (C=N–C) groups is 1. The Balaban J connectivity index is 1.65. The fourth-order valence-electron chi connectivity index (χ4n) is 3.90. The summed E-state index contributed by atoms with van der Waals surface area (Å²) < 4.78 is 10.3. The Kier molecular flexibility index (Phi) is 7.29. The van der Waals surface area contributed by atoms with Crippen molar-refractivity contribution in [1.29, 1.82) is 0 Å². The van der Waals surface area contributed by atoms with Crippen molar-refractivity contribution < 1.29 is 29.0 Å². The summed E-state index contributed by atoms with van der Waals surface area (Å²) in [5, 5.41) is 19.9. The normalized spacial score (nSPS) is 24.0. The molecule has 3 rings (SSSR count). The van der Waals surface area contributed by atoms with Gasteiger partial charge in [-0.2, -0.15) is 0 Å². The second-order valence-corrected chi connectivity index (χ2v) is 7.26. The number of rotatable bonds is 8. The number of methoxy groups -OCH3 is 1. The highest BCUT2D eigenvalue weighted by Gasteiger charge is 2.59. The number of alkyl carbamates (subject to hydrolysis) is 1. The fraction of sp³-hybridized carbons (Fsp3) is 0.500. The minimum absolute atomic E-state index is 0.0765. The maximum Gasteiger partial charge on any atom is 0.413 e. The van der Waals surface area contributed by atoms with Gasteiger partial charge in [0.05, 0.1) is 25.4 Å². The topological polar surface area (TPSA) is 150 Å². The van der Waals surface area contributed by atoms with E-state index in [1.165, 1.54) is 0 Å². The van der Waals surface area contributed by atoms with Gasteiger partial charge in [-0.15, -0.1) is 0 Å². The highest BCUT2D eigenvalue weighted by molar-refractivity contribution is 6.03. The molecule has 1 aromatic carbocycles. The zero-order valence-corrected chi connectivity index (χ0v) is 17.4. The van der Waals surface area contributed by atoms with Crippen LogP contribution in [-0.2, 0) is 14.3 Å². The molecule has 1 aromatic rings. The molecule has 1 saturated carbocycles. The quantitative estimate of drug-likeness (QED) is 0.289. The number of anilines is 1. The summed E-state index contributed by atoms with van der Waals surface area (Å²) in [5.74, 6) is -0.0982. The lowest BCUT2D eigenvalue weighted by molar-refractivity contribution is -0.138. The molecule has 2 aliphatic rings. The lowest BCUT2D eigenvalue weighted by atomic mass is 10.1. The van der Waals surface area contributed by atoms with E-state index < -0.39 is 24.6 Å². The zero-order valence-electron chi connectivity index (χ0n) is 17.4. The van der Waals surface area contributed by atoms with Crippen molar-refractivity contribution in [2.24, 2.45) is 22.7 Å². The Labute approximate surface area is 179 Å². The Morgan fingerprint density at radius 1 is 1.29 bits per heavy atom. The average Bonchev–Trinajstić information content (AvgIpc) is 3.24. The third-order valence-corrected chi connectivity index (χ3v) is 5.37. The molecule has 0 aromatic heterocycles. The van der Waals surface area contributed by atoms with Crippen LogP contribution in [0, 0.1) is 17.8 Å². The van der Waals surface area contributed by atoms with Gasteiger partial charge in [0, 0.05) is 6.54 Å². The van der Waals surface area contributed by atoms with Crippen LogP contribution in [-0.4, -0.2) is 68.4 Å². The Morgan fingerprint density at radius 3 is 2.77 bits per heavy atom. The monoisotopic (exact) mass is 433 g/mol. The van der Waals surface area contributed by atoms with Gasteiger partial charge in [0.25, 0.3) is 0 Å². The van der Waals surface area contributed by atoms with Gasteiger partial charge in [-0.05, 0) is 43.4 Å². The number of carboxylic acid groups (broad SMARTS) is 1. The molecule has 168 valence electrons. The smallest absolute Gasteiger partial charge is 0.413 e. The van der Waals surface area contributed by atoms with E-state index in [-0.39, 0.29) is 36.2 Å². The first kappa shape index (κ1) is 22.3. The molecule has 0 bridgehead atoms. The van der Waals surface area contributed by atoms with E-state index in [2.05, 4.69) is 26.3 Å². The van der Waals surface area contributed by atoms with E-state index in [4.69, 9.17) is 14.6 Å². The molecule has 11 nitrogen and oxygen atoms in total. The number of aliphatic carboxylic acids is 1. The second-order valence-electron chi connectivity index (χ2n) is 7.26. The van der Waals surface area contributed by atoms with Crippen molar-refractivity contribution >= 4 is 29.6 Å². The van der Waals surface area contributed by atoms with Crippen LogP contribution in [0.1, 0.15) is 6.92 Å². The van der Waals surface area contributed by atoms with Crippen molar-refractivity contribution in [3.8, 4) is 5.75 Å². The zero-order chi connectivity index (χ0) is 22.4. The Hall–Kier alpha value is -3.34. The molecular weight excluding hydrogens is 406 g/mol. The molecule has 0 unspecified atom stereocenters. The summed E-state index contributed by atoms with van der Waals surface area (Å²) in [7, 11) is 1.55. The van der Waals surface area contributed by atoms with E-state index in [1.54, 1.807) is 26.2 Å². The van der Waals surface area contributed by atoms with Crippen LogP contribution in [0.15, 0.2) is 29.3 Å². The van der Waals surface area contributed by atoms with Crippen molar-refractivity contribution in [2.75, 3.05) is 38.7 Å². The molecule has 4 atom stereocenters. The average molecular weight is 433 g/mol. The van der Waals surface area contributed by atoms with Gasteiger partial charge in [-0.25, -0.2) is 4.79 Å². The van der Waals surface area contributed by atoms with Crippen molar-refractivity contribution in [1.82, 2.24) is 16.0 Å². The summed E-state index contributed by atoms with van der Waals surface area (Å²) in [4.78, 5) is 39.3. The van der Waals surface area contributed by atoms with E-state index in [0.29, 0.717) is 24.5 Å². The number of benzene rings is 1. The fourth-order valence-corrected chi connectivity index (χ4v) is 3.90. The van der Waals surface area contributed by atoms with Gasteiger partial charge >= 0.3 is 12.1 Å². The first-order valence-electron chi connectivity index (χ1n) is 10.1. The van der Waals surface area contributed by atoms with Crippen LogP contribution in [0.3, 0.4) is 0 Å². The molecule has 1 aliphatic carbocycles. The standard InChI is InChI=1S/C20H27N5O6/c1-3-31-20(29)25-19(24-13-6-4-5-7-14(13)30-2)23-9-12-11-8-21-17(16(11)12)18(28)22-10-15(26)27/h4-7,11-12,16-17,21H,3,8-10H2,1-2H3,(H,22,28)(H,26,27)(H2,23,24,25,29)/t11-,12-,16-,17+/m1/s1. The third kappa shape index (κ3) is 5.63. The molecule has 2 fully saturated rings. The number of hydrogen-bond acceptors (Lipinski definition) is 7. The van der Waals surface area contributed by atoms with Gasteiger partial charge in [0.15, 0.2) is 0 Å². The van der Waals surface area contributed by atoms with Crippen molar-refractivity contribution in [3.05, 3.63) is 24.3 Å². The number of amides is 2. The van der Waals surface area contributed by atoms with Crippen LogP contribution < -0.4 is 26.0 Å². The first-order chi connectivity index (χ1) is 14.9. The van der Waals surface area contributed by atoms with Crippen LogP contribution in [0.4, 0.5) is 10.5 Å². The highest BCUT2D eigenvalue weighted by atomic mass is 16.5. The second kappa shape index (κ2) is 10.1. The molecule has 1 aliphatic heterocycles. The number of carbonyl (C=O) groups is 3. The lowest BCUT2D eigenvalue weighted by Crippen LogP contribution is -2.45. The molecule has 0 radical (unpaired) electrons. The number of carbonyl (C=O) groups excluding carboxylic acids is 2. The number of guanidine groups is 1. The van der Waals surface area contributed by atoms with Gasteiger partial charge < -0.3 is 30.5 Å². The van der Waals surface area contributed by atoms with E-state index in [9.17, 15) is 14.4 Å². The summed E-state index contributed by atoms with van der Waals surface area (Å²) in [5.41, 5.74) is 0.629. The number of fused-ring (bicyclic) bond motifs is 1. The van der Waals surface area contributed by atoms with Gasteiger partial charge in [0.1, 0.15) is 12.3 Å². The SMILES string of the molecule is CCOC(=O)NC(=NC[C@@H]1[C@H]2CN[C@H](C(=O)NCC(=O)O)[C@@H]12)Nc1ccccc1OC. The molecule has 1 saturated heterocycles. The summed E-state index contributed by atoms with van der Waals surface area (Å²) in [6.07, 6.45) is -0.632. The van der Waals surface area contributed by atoms with Gasteiger partial charge in [-0.3, -0.25) is 19.9 Å². The first-order valence-corrected chi connectivity index (χ1v) is 10.1. The number of piperidine rings is 1. The van der Waals surface area contributed by atoms with Crippen molar-refractivity contribution in [3.63, 3.8) is 0 Å². The predicted molar refractivity (Wildman–Crippen MR) is 112 cm³/mol. The predicted octanol–water partition coefficient (Wildman–Crippen LogP) is 0.244. The molecule has 11 heteroatoms. The highest BCUT2D eigenvalue weighted by Crippen LogP contribution is 2.52. The molecule has 5 N–H and O–H groups in total. The maximum absolute atomic E-state index is 12.2. The largest absolute Gasteiger partial charge is 0.495 e. The van der Waals surface area contributed by atoms with Crippen LogP contribution in [0.25, 0.3) is 0 Å². The van der Waals surface area contributed by atoms with E-state index >= 15 is 0 Å². The van der Waals surface area contributed by atoms with Gasteiger partial charge in [-0.1, -0.05) is 12.1 Å². The van der Waals surface area contributed by atoms with Crippen LogP contribution in [0.5, 0.6) is 5.75 Å². The number of para-hydroxylation sites is 2. The van der Waals surface area contributed by atoms with Crippen LogP contribution in [0.2, 0.25) is 0 Å². The third-order valence-electron chi connectivity index (χ3n) is 5.37. The van der Waals surface area contributed by atoms with E-state index in [1.807, 2.05) is 12.1 Å². The minimum atomic E-state index is -1.09. The number of hydrogen-bond donors (Lipinski definition) is 5. The summed E-state index contributed by atoms with van der Waals surface area (Å²) in [6.45, 7) is 2.57. The number of nitrogens with zero attached hydrogens (tertiary/aromatic N) is 1. The molecule has 1 heterocycles. The van der Waals surface area contributed by atoms with Crippen molar-refractivity contribution in [2.45, 2.75) is 13.0 Å². The Morgan fingerprint density at radius 2 is 2.06 bits per heavy atom. The summed E-state index contributed by atoms with van der Waals surface area (Å²) in [6, 6.07) is 6.78.